The molecule has 0 saturated carbocycles. The maximum Gasteiger partial charge on any atom is 0.338 e. The summed E-state index contributed by atoms with van der Waals surface area (Å²) in [7, 11) is 0. The molecule has 2 heterocycles. The molecule has 116 valence electrons. The molecule has 0 radical (unpaired) electrons. The summed E-state index contributed by atoms with van der Waals surface area (Å²) < 4.78 is 1.55. The van der Waals surface area contributed by atoms with Crippen LogP contribution in [0.25, 0.3) is 11.3 Å². The number of carbonyl (C=O) groups excluding carboxylic acids is 1. The average molecular weight is 327 g/mol. The number of carboxylic acids is 1. The summed E-state index contributed by atoms with van der Waals surface area (Å²) in [4.78, 5) is 26.7. The van der Waals surface area contributed by atoms with Crippen LogP contribution in [0.3, 0.4) is 0 Å². The maximum atomic E-state index is 11.3. The van der Waals surface area contributed by atoms with Gasteiger partial charge in [0.2, 0.25) is 0 Å². The first-order valence-corrected chi connectivity index (χ1v) is 7.72. The van der Waals surface area contributed by atoms with E-state index in [1.165, 1.54) is 30.7 Å². The van der Waals surface area contributed by atoms with E-state index in [0.717, 1.165) is 16.3 Å². The second-order valence-electron chi connectivity index (χ2n) is 4.99. The van der Waals surface area contributed by atoms with E-state index >= 15 is 0 Å². The van der Waals surface area contributed by atoms with Crippen LogP contribution in [0.5, 0.6) is 0 Å². The van der Waals surface area contributed by atoms with Crippen LogP contribution in [-0.4, -0.2) is 31.6 Å². The Balaban J connectivity index is 1.76. The lowest BCUT2D eigenvalue weighted by atomic mass is 10.1. The minimum Gasteiger partial charge on any atom is -0.478 e. The largest absolute Gasteiger partial charge is 0.478 e. The van der Waals surface area contributed by atoms with Crippen molar-refractivity contribution in [3.63, 3.8) is 0 Å². The Kier molecular flexibility index (Phi) is 4.03. The Morgan fingerprint density at radius 3 is 2.57 bits per heavy atom. The van der Waals surface area contributed by atoms with Crippen molar-refractivity contribution >= 4 is 23.1 Å². The standard InChI is InChI=1S/C16H13N3O3S/c1-10(20)11-2-4-12(5-3-11)14-9-23-15(18-14)8-19-7-13(6-17-19)16(21)22/h2-7,9H,8H2,1H3,(H,21,22). The number of carbonyl (C=O) groups is 2. The summed E-state index contributed by atoms with van der Waals surface area (Å²) >= 11 is 1.48. The number of nitrogens with zero attached hydrogens (tertiary/aromatic N) is 3. The van der Waals surface area contributed by atoms with Crippen molar-refractivity contribution in [2.45, 2.75) is 13.5 Å². The van der Waals surface area contributed by atoms with E-state index in [1.807, 2.05) is 17.5 Å². The summed E-state index contributed by atoms with van der Waals surface area (Å²) in [5.74, 6) is -0.968. The number of hydrogen-bond donors (Lipinski definition) is 1. The van der Waals surface area contributed by atoms with Crippen LogP contribution in [0.4, 0.5) is 0 Å². The van der Waals surface area contributed by atoms with Crippen molar-refractivity contribution in [1.82, 2.24) is 14.8 Å². The van der Waals surface area contributed by atoms with E-state index in [0.29, 0.717) is 12.1 Å². The molecule has 7 heteroatoms. The highest BCUT2D eigenvalue weighted by molar-refractivity contribution is 7.09. The molecule has 0 fully saturated rings. The first-order valence-electron chi connectivity index (χ1n) is 6.84. The molecular weight excluding hydrogens is 314 g/mol. The number of benzene rings is 1. The van der Waals surface area contributed by atoms with Crippen LogP contribution in [0, 0.1) is 0 Å². The van der Waals surface area contributed by atoms with Gasteiger partial charge in [-0.2, -0.15) is 5.10 Å². The highest BCUT2D eigenvalue weighted by atomic mass is 32.1. The lowest BCUT2D eigenvalue weighted by Crippen LogP contribution is -2.00. The number of thiazole rings is 1. The molecule has 2 aromatic heterocycles. The van der Waals surface area contributed by atoms with Crippen LogP contribution >= 0.6 is 11.3 Å². The normalized spacial score (nSPS) is 10.7. The maximum absolute atomic E-state index is 11.3. The number of rotatable bonds is 5. The van der Waals surface area contributed by atoms with Crippen molar-refractivity contribution in [1.29, 1.82) is 0 Å². The zero-order valence-electron chi connectivity index (χ0n) is 12.3. The highest BCUT2D eigenvalue weighted by Gasteiger charge is 2.09. The molecule has 0 saturated heterocycles. The van der Waals surface area contributed by atoms with E-state index in [-0.39, 0.29) is 11.3 Å². The lowest BCUT2D eigenvalue weighted by molar-refractivity contribution is 0.0696. The van der Waals surface area contributed by atoms with Gasteiger partial charge in [0.05, 0.1) is 24.0 Å². The van der Waals surface area contributed by atoms with Gasteiger partial charge in [-0.25, -0.2) is 9.78 Å². The van der Waals surface area contributed by atoms with E-state index in [9.17, 15) is 9.59 Å². The van der Waals surface area contributed by atoms with Crippen LogP contribution in [-0.2, 0) is 6.54 Å². The fourth-order valence-corrected chi connectivity index (χ4v) is 2.89. The summed E-state index contributed by atoms with van der Waals surface area (Å²) in [5, 5.41) is 15.7. The number of carboxylic acid groups (broad SMARTS) is 1. The van der Waals surface area contributed by atoms with Crippen molar-refractivity contribution in [2.75, 3.05) is 0 Å². The number of aromatic carboxylic acids is 1. The topological polar surface area (TPSA) is 85.1 Å². The molecule has 0 unspecified atom stereocenters. The van der Waals surface area contributed by atoms with Crippen LogP contribution in [0.1, 0.15) is 32.6 Å². The quantitative estimate of drug-likeness (QED) is 0.728. The molecule has 6 nitrogen and oxygen atoms in total. The van der Waals surface area contributed by atoms with Crippen molar-refractivity contribution < 1.29 is 14.7 Å². The number of aromatic nitrogens is 3. The van der Waals surface area contributed by atoms with Crippen LogP contribution in [0.2, 0.25) is 0 Å². The molecule has 3 rings (SSSR count). The summed E-state index contributed by atoms with van der Waals surface area (Å²) in [6, 6.07) is 7.30. The zero-order valence-corrected chi connectivity index (χ0v) is 13.1. The first-order chi connectivity index (χ1) is 11.0. The molecule has 0 aliphatic heterocycles. The monoisotopic (exact) mass is 327 g/mol. The average Bonchev–Trinajstić information content (AvgIpc) is 3.17. The Morgan fingerprint density at radius 2 is 1.96 bits per heavy atom. The third kappa shape index (κ3) is 3.35. The minimum absolute atomic E-state index is 0.0310. The molecule has 1 N–H and O–H groups in total. The molecular formula is C16H13N3O3S. The van der Waals surface area contributed by atoms with E-state index in [2.05, 4.69) is 10.1 Å². The molecule has 0 amide bonds. The van der Waals surface area contributed by atoms with Crippen LogP contribution < -0.4 is 0 Å². The second kappa shape index (κ2) is 6.13. The van der Waals surface area contributed by atoms with Gasteiger partial charge in [0.1, 0.15) is 5.01 Å². The Labute approximate surface area is 136 Å². The van der Waals surface area contributed by atoms with Gasteiger partial charge in [-0.1, -0.05) is 24.3 Å². The van der Waals surface area contributed by atoms with Gasteiger partial charge in [-0.05, 0) is 6.92 Å². The Morgan fingerprint density at radius 1 is 1.22 bits per heavy atom. The molecule has 1 aromatic carbocycles. The van der Waals surface area contributed by atoms with Crippen molar-refractivity contribution in [3.05, 3.63) is 58.2 Å². The van der Waals surface area contributed by atoms with Gasteiger partial charge < -0.3 is 5.11 Å². The summed E-state index contributed by atoms with van der Waals surface area (Å²) in [5.41, 5.74) is 2.58. The van der Waals surface area contributed by atoms with E-state index < -0.39 is 5.97 Å². The molecule has 0 bridgehead atoms. The van der Waals surface area contributed by atoms with Gasteiger partial charge >= 0.3 is 5.97 Å². The van der Waals surface area contributed by atoms with Gasteiger partial charge in [0, 0.05) is 22.7 Å². The number of ketones is 1. The smallest absolute Gasteiger partial charge is 0.338 e. The zero-order chi connectivity index (χ0) is 16.4. The molecule has 0 aliphatic rings. The molecule has 0 spiro atoms. The Hall–Kier alpha value is -2.80. The fourth-order valence-electron chi connectivity index (χ4n) is 2.09. The number of hydrogen-bond acceptors (Lipinski definition) is 5. The molecule has 0 atom stereocenters. The summed E-state index contributed by atoms with van der Waals surface area (Å²) in [6.07, 6.45) is 2.79. The second-order valence-corrected chi connectivity index (χ2v) is 5.93. The summed E-state index contributed by atoms with van der Waals surface area (Å²) in [6.45, 7) is 1.95. The number of Topliss-reactive ketones (excluding diaryl/α,β-unsaturated/α-hetero) is 1. The van der Waals surface area contributed by atoms with E-state index in [1.54, 1.807) is 16.8 Å². The molecule has 0 aliphatic carbocycles. The first kappa shape index (κ1) is 15.1. The predicted molar refractivity (Wildman–Crippen MR) is 85.8 cm³/mol. The lowest BCUT2D eigenvalue weighted by Gasteiger charge is -1.99. The van der Waals surface area contributed by atoms with Gasteiger partial charge in [0.25, 0.3) is 0 Å². The molecule has 3 aromatic rings. The van der Waals surface area contributed by atoms with Gasteiger partial charge in [-0.15, -0.1) is 11.3 Å². The SMILES string of the molecule is CC(=O)c1ccc(-c2csc(Cn3cc(C(=O)O)cn3)n2)cc1. The van der Waals surface area contributed by atoms with E-state index in [4.69, 9.17) is 5.11 Å². The predicted octanol–water partition coefficient (Wildman–Crippen LogP) is 2.96. The third-order valence-corrected chi connectivity index (χ3v) is 4.15. The Bertz CT molecular complexity index is 865. The van der Waals surface area contributed by atoms with Crippen LogP contribution in [0.15, 0.2) is 42.0 Å². The van der Waals surface area contributed by atoms with Gasteiger partial charge in [-0.3, -0.25) is 9.48 Å². The fraction of sp³-hybridized carbons (Fsp3) is 0.125. The third-order valence-electron chi connectivity index (χ3n) is 3.32. The van der Waals surface area contributed by atoms with Gasteiger partial charge in [0.15, 0.2) is 5.78 Å². The minimum atomic E-state index is -0.998. The molecule has 23 heavy (non-hydrogen) atoms. The van der Waals surface area contributed by atoms with Crippen molar-refractivity contribution in [2.24, 2.45) is 0 Å². The highest BCUT2D eigenvalue weighted by Crippen LogP contribution is 2.23. The van der Waals surface area contributed by atoms with Crippen molar-refractivity contribution in [3.8, 4) is 11.3 Å².